The van der Waals surface area contributed by atoms with Crippen LogP contribution in [0, 0.1) is 4.77 Å². The monoisotopic (exact) mass is 264 g/mol. The van der Waals surface area contributed by atoms with E-state index in [-0.39, 0.29) is 5.95 Å². The first-order chi connectivity index (χ1) is 7.44. The summed E-state index contributed by atoms with van der Waals surface area (Å²) >= 11 is 5.02. The maximum absolute atomic E-state index is 11.1. The van der Waals surface area contributed by atoms with Crippen LogP contribution < -0.4 is 4.72 Å². The van der Waals surface area contributed by atoms with Crippen molar-refractivity contribution in [2.45, 2.75) is 32.7 Å². The van der Waals surface area contributed by atoms with Crippen molar-refractivity contribution in [1.29, 1.82) is 0 Å². The zero-order valence-corrected chi connectivity index (χ0v) is 11.0. The Morgan fingerprint density at radius 1 is 1.50 bits per heavy atom. The lowest BCUT2D eigenvalue weighted by Crippen LogP contribution is -2.14. The van der Waals surface area contributed by atoms with Crippen molar-refractivity contribution in [3.8, 4) is 0 Å². The van der Waals surface area contributed by atoms with E-state index in [1.54, 1.807) is 4.57 Å². The largest absolute Gasteiger partial charge is 0.286 e. The average molecular weight is 264 g/mol. The Morgan fingerprint density at radius 3 is 2.75 bits per heavy atom. The number of nitrogens with one attached hydrogen (secondary N) is 2. The molecule has 0 radical (unpaired) electrons. The molecule has 16 heavy (non-hydrogen) atoms. The lowest BCUT2D eigenvalue weighted by molar-refractivity contribution is 0.594. The Hall–Kier alpha value is -0.890. The Kier molecular flexibility index (Phi) is 4.48. The number of hydrogen-bond donors (Lipinski definition) is 2. The topological polar surface area (TPSA) is 79.8 Å². The van der Waals surface area contributed by atoms with Gasteiger partial charge >= 0.3 is 0 Å². The average Bonchev–Trinajstić information content (AvgIpc) is 2.47. The summed E-state index contributed by atoms with van der Waals surface area (Å²) in [7, 11) is -3.32. The molecule has 0 aromatic carbocycles. The van der Waals surface area contributed by atoms with Gasteiger partial charge in [0.1, 0.15) is 0 Å². The van der Waals surface area contributed by atoms with Crippen molar-refractivity contribution in [1.82, 2.24) is 14.8 Å². The molecule has 0 saturated heterocycles. The molecule has 1 rings (SSSR count). The SMILES string of the molecule is CCCCCn1c(NS(C)(=O)=O)n[nH]c1=S. The summed E-state index contributed by atoms with van der Waals surface area (Å²) in [6, 6.07) is 0. The molecule has 8 heteroatoms. The highest BCUT2D eigenvalue weighted by Crippen LogP contribution is 2.08. The highest BCUT2D eigenvalue weighted by Gasteiger charge is 2.09. The van der Waals surface area contributed by atoms with Gasteiger partial charge in [0.15, 0.2) is 4.77 Å². The van der Waals surface area contributed by atoms with Gasteiger partial charge in [-0.1, -0.05) is 19.8 Å². The molecule has 1 aromatic heterocycles. The third-order valence-electron chi connectivity index (χ3n) is 2.02. The van der Waals surface area contributed by atoms with E-state index < -0.39 is 10.0 Å². The number of hydrogen-bond acceptors (Lipinski definition) is 4. The predicted molar refractivity (Wildman–Crippen MR) is 65.4 cm³/mol. The third-order valence-corrected chi connectivity index (χ3v) is 2.89. The van der Waals surface area contributed by atoms with E-state index in [2.05, 4.69) is 21.8 Å². The summed E-state index contributed by atoms with van der Waals surface area (Å²) in [5.74, 6) is 0.253. The maximum atomic E-state index is 11.1. The minimum atomic E-state index is -3.32. The zero-order valence-electron chi connectivity index (χ0n) is 9.36. The van der Waals surface area contributed by atoms with Gasteiger partial charge in [-0.05, 0) is 18.6 Å². The van der Waals surface area contributed by atoms with Gasteiger partial charge in [0.25, 0.3) is 0 Å². The van der Waals surface area contributed by atoms with Crippen molar-refractivity contribution in [3.63, 3.8) is 0 Å². The van der Waals surface area contributed by atoms with Gasteiger partial charge in [-0.2, -0.15) is 0 Å². The molecule has 0 saturated carbocycles. The van der Waals surface area contributed by atoms with Crippen LogP contribution in [0.15, 0.2) is 0 Å². The smallest absolute Gasteiger partial charge is 0.236 e. The highest BCUT2D eigenvalue weighted by atomic mass is 32.2. The lowest BCUT2D eigenvalue weighted by atomic mass is 10.2. The van der Waals surface area contributed by atoms with Crippen molar-refractivity contribution in [3.05, 3.63) is 4.77 Å². The first-order valence-corrected chi connectivity index (χ1v) is 7.37. The van der Waals surface area contributed by atoms with Gasteiger partial charge in [-0.15, -0.1) is 5.10 Å². The second-order valence-corrected chi connectivity index (χ2v) is 5.72. The Bertz CT molecular complexity index is 488. The van der Waals surface area contributed by atoms with Crippen LogP contribution in [-0.2, 0) is 16.6 Å². The molecule has 6 nitrogen and oxygen atoms in total. The Balaban J connectivity index is 2.82. The maximum Gasteiger partial charge on any atom is 0.236 e. The number of anilines is 1. The molecule has 0 bridgehead atoms. The summed E-state index contributed by atoms with van der Waals surface area (Å²) in [4.78, 5) is 0. The second-order valence-electron chi connectivity index (χ2n) is 3.59. The van der Waals surface area contributed by atoms with E-state index >= 15 is 0 Å². The van der Waals surface area contributed by atoms with Crippen LogP contribution in [0.3, 0.4) is 0 Å². The molecule has 0 aliphatic carbocycles. The first kappa shape index (κ1) is 13.2. The predicted octanol–water partition coefficient (Wildman–Crippen LogP) is 1.50. The van der Waals surface area contributed by atoms with Crippen molar-refractivity contribution in [2.75, 3.05) is 11.0 Å². The summed E-state index contributed by atoms with van der Waals surface area (Å²) < 4.78 is 26.6. The van der Waals surface area contributed by atoms with Crippen LogP contribution in [0.25, 0.3) is 0 Å². The fourth-order valence-electron chi connectivity index (χ4n) is 1.29. The molecule has 1 heterocycles. The minimum Gasteiger partial charge on any atom is -0.286 e. The molecule has 0 fully saturated rings. The van der Waals surface area contributed by atoms with Gasteiger partial charge in [0, 0.05) is 6.54 Å². The molecule has 92 valence electrons. The molecular formula is C8H16N4O2S2. The molecule has 1 aromatic rings. The number of aromatic nitrogens is 3. The molecule has 0 aliphatic rings. The van der Waals surface area contributed by atoms with Crippen LogP contribution in [0.4, 0.5) is 5.95 Å². The summed E-state index contributed by atoms with van der Waals surface area (Å²) in [6.07, 6.45) is 4.20. The summed E-state index contributed by atoms with van der Waals surface area (Å²) in [6.45, 7) is 2.77. The van der Waals surface area contributed by atoms with E-state index in [0.29, 0.717) is 11.3 Å². The second kappa shape index (κ2) is 5.44. The van der Waals surface area contributed by atoms with E-state index in [1.165, 1.54) is 0 Å². The number of aromatic amines is 1. The lowest BCUT2D eigenvalue weighted by Gasteiger charge is -2.06. The van der Waals surface area contributed by atoms with Gasteiger partial charge in [-0.3, -0.25) is 9.29 Å². The van der Waals surface area contributed by atoms with E-state index in [1.807, 2.05) is 0 Å². The van der Waals surface area contributed by atoms with Gasteiger partial charge in [-0.25, -0.2) is 13.5 Å². The van der Waals surface area contributed by atoms with Crippen LogP contribution in [-0.4, -0.2) is 29.4 Å². The molecule has 0 spiro atoms. The molecule has 0 amide bonds. The third kappa shape index (κ3) is 3.93. The Labute approximate surface area is 100 Å². The quantitative estimate of drug-likeness (QED) is 0.603. The van der Waals surface area contributed by atoms with E-state index in [9.17, 15) is 8.42 Å². The molecule has 0 unspecified atom stereocenters. The number of rotatable bonds is 6. The van der Waals surface area contributed by atoms with Gasteiger partial charge in [0.05, 0.1) is 6.26 Å². The van der Waals surface area contributed by atoms with Crippen molar-refractivity contribution in [2.24, 2.45) is 0 Å². The highest BCUT2D eigenvalue weighted by molar-refractivity contribution is 7.92. The zero-order chi connectivity index (χ0) is 12.2. The van der Waals surface area contributed by atoms with Crippen LogP contribution in [0.2, 0.25) is 0 Å². The minimum absolute atomic E-state index is 0.253. The summed E-state index contributed by atoms with van der Waals surface area (Å²) in [5, 5.41) is 6.41. The fourth-order valence-corrected chi connectivity index (χ4v) is 2.00. The number of sulfonamides is 1. The van der Waals surface area contributed by atoms with Crippen LogP contribution in [0.5, 0.6) is 0 Å². The van der Waals surface area contributed by atoms with E-state index in [4.69, 9.17) is 12.2 Å². The van der Waals surface area contributed by atoms with Gasteiger partial charge < -0.3 is 0 Å². The standard InChI is InChI=1S/C8H16N4O2S2/c1-3-4-5-6-12-7(9-10-8(12)15)11-16(2,13)14/h3-6H2,1-2H3,(H,9,11)(H,10,15). The molecule has 2 N–H and O–H groups in total. The molecule has 0 aliphatic heterocycles. The number of nitrogens with zero attached hydrogens (tertiary/aromatic N) is 2. The number of H-pyrrole nitrogens is 1. The normalized spacial score (nSPS) is 11.6. The van der Waals surface area contributed by atoms with Crippen molar-refractivity contribution < 1.29 is 8.42 Å². The Morgan fingerprint density at radius 2 is 2.19 bits per heavy atom. The van der Waals surface area contributed by atoms with Crippen molar-refractivity contribution >= 4 is 28.2 Å². The fraction of sp³-hybridized carbons (Fsp3) is 0.750. The molecular weight excluding hydrogens is 248 g/mol. The van der Waals surface area contributed by atoms with Crippen LogP contribution >= 0.6 is 12.2 Å². The molecule has 0 atom stereocenters. The summed E-state index contributed by atoms with van der Waals surface area (Å²) in [5.41, 5.74) is 0. The number of unbranched alkanes of at least 4 members (excludes halogenated alkanes) is 2. The first-order valence-electron chi connectivity index (χ1n) is 5.07. The van der Waals surface area contributed by atoms with Gasteiger partial charge in [0.2, 0.25) is 16.0 Å². The van der Waals surface area contributed by atoms with E-state index in [0.717, 1.165) is 25.5 Å². The van der Waals surface area contributed by atoms with Crippen LogP contribution in [0.1, 0.15) is 26.2 Å².